The van der Waals surface area contributed by atoms with Gasteiger partial charge in [-0.1, -0.05) is 0 Å². The lowest BCUT2D eigenvalue weighted by Crippen LogP contribution is -2.45. The second-order valence-electron chi connectivity index (χ2n) is 5.03. The Morgan fingerprint density at radius 1 is 1.45 bits per heavy atom. The van der Waals surface area contributed by atoms with E-state index in [9.17, 15) is 0 Å². The Labute approximate surface area is 138 Å². The third-order valence-corrected chi connectivity index (χ3v) is 2.76. The molecule has 1 rings (SSSR count). The summed E-state index contributed by atoms with van der Waals surface area (Å²) >= 11 is 0. The molecule has 0 spiro atoms. The molecule has 0 radical (unpaired) electrons. The van der Waals surface area contributed by atoms with Crippen LogP contribution in [0.5, 0.6) is 0 Å². The Morgan fingerprint density at radius 3 is 2.65 bits per heavy atom. The predicted molar refractivity (Wildman–Crippen MR) is 92.5 cm³/mol. The maximum absolute atomic E-state index is 5.37. The van der Waals surface area contributed by atoms with E-state index in [0.717, 1.165) is 18.1 Å². The highest BCUT2D eigenvalue weighted by Crippen LogP contribution is 2.04. The van der Waals surface area contributed by atoms with Crippen LogP contribution in [0.2, 0.25) is 0 Å². The topological polar surface area (TPSA) is 63.5 Å². The zero-order chi connectivity index (χ0) is 14.3. The molecule has 0 aliphatic rings. The summed E-state index contributed by atoms with van der Waals surface area (Å²) in [5.74, 6) is 0.788. The summed E-state index contributed by atoms with van der Waals surface area (Å²) in [7, 11) is 3.61. The van der Waals surface area contributed by atoms with Crippen molar-refractivity contribution >= 4 is 29.9 Å². The van der Waals surface area contributed by atoms with Gasteiger partial charge in [-0.2, -0.15) is 5.10 Å². The smallest absolute Gasteiger partial charge is 0.191 e. The zero-order valence-electron chi connectivity index (χ0n) is 12.9. The minimum absolute atomic E-state index is 0. The molecule has 7 heteroatoms. The van der Waals surface area contributed by atoms with Crippen LogP contribution in [0.4, 0.5) is 0 Å². The van der Waals surface area contributed by atoms with Crippen LogP contribution in [0.15, 0.2) is 17.4 Å². The molecule has 0 bridgehead atoms. The molecule has 0 aliphatic heterocycles. The third-order valence-electron chi connectivity index (χ3n) is 2.76. The molecule has 0 aromatic carbocycles. The van der Waals surface area contributed by atoms with E-state index in [1.165, 1.54) is 0 Å². The molecule has 0 saturated heterocycles. The molecule has 6 nitrogen and oxygen atoms in total. The van der Waals surface area contributed by atoms with Crippen LogP contribution in [-0.2, 0) is 18.3 Å². The van der Waals surface area contributed by atoms with E-state index in [4.69, 9.17) is 4.74 Å². The van der Waals surface area contributed by atoms with Crippen molar-refractivity contribution in [2.45, 2.75) is 32.9 Å². The van der Waals surface area contributed by atoms with Crippen LogP contribution in [0.25, 0.3) is 0 Å². The lowest BCUT2D eigenvalue weighted by Gasteiger charge is -2.24. The first kappa shape index (κ1) is 19.2. The number of hydrogen-bond donors (Lipinski definition) is 2. The summed E-state index contributed by atoms with van der Waals surface area (Å²) in [6, 6.07) is 0. The van der Waals surface area contributed by atoms with Gasteiger partial charge in [0.05, 0.1) is 18.3 Å². The van der Waals surface area contributed by atoms with Crippen molar-refractivity contribution in [1.29, 1.82) is 0 Å². The van der Waals surface area contributed by atoms with Crippen molar-refractivity contribution in [2.75, 3.05) is 20.2 Å². The summed E-state index contributed by atoms with van der Waals surface area (Å²) in [5, 5.41) is 10.6. The predicted octanol–water partition coefficient (Wildman–Crippen LogP) is 1.52. The van der Waals surface area contributed by atoms with Gasteiger partial charge in [0.2, 0.25) is 0 Å². The molecule has 1 heterocycles. The number of rotatable bonds is 6. The van der Waals surface area contributed by atoms with Gasteiger partial charge < -0.3 is 15.4 Å². The largest absolute Gasteiger partial charge is 0.377 e. The van der Waals surface area contributed by atoms with Gasteiger partial charge in [-0.25, -0.2) is 4.99 Å². The first-order valence-corrected chi connectivity index (χ1v) is 6.51. The quantitative estimate of drug-likeness (QED) is 0.436. The molecule has 1 aromatic heterocycles. The highest BCUT2D eigenvalue weighted by molar-refractivity contribution is 14.0. The summed E-state index contributed by atoms with van der Waals surface area (Å²) in [6.07, 6.45) is 3.79. The van der Waals surface area contributed by atoms with E-state index in [1.807, 2.05) is 40.2 Å². The van der Waals surface area contributed by atoms with Crippen molar-refractivity contribution in [3.63, 3.8) is 0 Å². The van der Waals surface area contributed by atoms with Crippen LogP contribution in [-0.4, -0.2) is 41.5 Å². The monoisotopic (exact) mass is 395 g/mol. The Kier molecular flexibility index (Phi) is 8.79. The number of hydrogen-bond acceptors (Lipinski definition) is 3. The van der Waals surface area contributed by atoms with Gasteiger partial charge in [0.1, 0.15) is 0 Å². The number of aliphatic imine (C=N–C) groups is 1. The van der Waals surface area contributed by atoms with Crippen LogP contribution in [0.1, 0.15) is 26.3 Å². The minimum Gasteiger partial charge on any atom is -0.377 e. The van der Waals surface area contributed by atoms with Crippen molar-refractivity contribution in [3.05, 3.63) is 18.0 Å². The number of halogens is 1. The molecular weight excluding hydrogens is 369 g/mol. The Hall–Kier alpha value is -0.830. The fourth-order valence-electron chi connectivity index (χ4n) is 1.43. The van der Waals surface area contributed by atoms with E-state index >= 15 is 0 Å². The molecule has 116 valence electrons. The molecule has 0 amide bonds. The molecule has 0 aliphatic carbocycles. The summed E-state index contributed by atoms with van der Waals surface area (Å²) in [4.78, 5) is 4.52. The van der Waals surface area contributed by atoms with Gasteiger partial charge in [0, 0.05) is 39.0 Å². The molecule has 2 N–H and O–H groups in total. The first-order valence-electron chi connectivity index (χ1n) is 6.51. The molecule has 0 fully saturated rings. The average molecular weight is 395 g/mol. The standard InChI is InChI=1S/C13H25N5O.HI/c1-6-14-12(16-10-13(2,3)19-5)15-7-11-8-17-18(4)9-11;/h8-9H,6-7,10H2,1-5H3,(H2,14,15,16);1H. The van der Waals surface area contributed by atoms with E-state index in [-0.39, 0.29) is 29.6 Å². The van der Waals surface area contributed by atoms with Gasteiger partial charge in [-0.3, -0.25) is 4.68 Å². The maximum atomic E-state index is 5.37. The SMILES string of the molecule is CCNC(=NCc1cnn(C)c1)NCC(C)(C)OC.I. The van der Waals surface area contributed by atoms with Crippen LogP contribution in [0, 0.1) is 0 Å². The highest BCUT2D eigenvalue weighted by Gasteiger charge is 2.16. The highest BCUT2D eigenvalue weighted by atomic mass is 127. The number of aryl methyl sites for hydroxylation is 1. The lowest BCUT2D eigenvalue weighted by molar-refractivity contribution is 0.0268. The Morgan fingerprint density at radius 2 is 2.15 bits per heavy atom. The number of guanidine groups is 1. The van der Waals surface area contributed by atoms with Gasteiger partial charge in [-0.15, -0.1) is 24.0 Å². The van der Waals surface area contributed by atoms with Crippen molar-refractivity contribution in [1.82, 2.24) is 20.4 Å². The first-order chi connectivity index (χ1) is 8.96. The number of methoxy groups -OCH3 is 1. The normalized spacial score (nSPS) is 11.9. The summed E-state index contributed by atoms with van der Waals surface area (Å²) in [6.45, 7) is 8.24. The van der Waals surface area contributed by atoms with Gasteiger partial charge in [0.25, 0.3) is 0 Å². The third kappa shape index (κ3) is 7.09. The zero-order valence-corrected chi connectivity index (χ0v) is 15.3. The lowest BCUT2D eigenvalue weighted by atomic mass is 10.1. The van der Waals surface area contributed by atoms with E-state index in [0.29, 0.717) is 13.1 Å². The van der Waals surface area contributed by atoms with Gasteiger partial charge in [-0.05, 0) is 20.8 Å². The van der Waals surface area contributed by atoms with Crippen LogP contribution < -0.4 is 10.6 Å². The molecule has 1 aromatic rings. The summed E-state index contributed by atoms with van der Waals surface area (Å²) < 4.78 is 7.15. The fraction of sp³-hybridized carbons (Fsp3) is 0.692. The van der Waals surface area contributed by atoms with Crippen molar-refractivity contribution < 1.29 is 4.74 Å². The van der Waals surface area contributed by atoms with Crippen molar-refractivity contribution in [3.8, 4) is 0 Å². The van der Waals surface area contributed by atoms with E-state index in [1.54, 1.807) is 11.8 Å². The Bertz CT molecular complexity index is 417. The van der Waals surface area contributed by atoms with E-state index < -0.39 is 0 Å². The molecule has 0 saturated carbocycles. The average Bonchev–Trinajstić information content (AvgIpc) is 2.79. The minimum atomic E-state index is -0.218. The second kappa shape index (κ2) is 9.17. The maximum Gasteiger partial charge on any atom is 0.191 e. The molecule has 20 heavy (non-hydrogen) atoms. The van der Waals surface area contributed by atoms with E-state index in [2.05, 4.69) is 20.7 Å². The number of aromatic nitrogens is 2. The number of nitrogens with zero attached hydrogens (tertiary/aromatic N) is 3. The number of ether oxygens (including phenoxy) is 1. The Balaban J connectivity index is 0.00000361. The van der Waals surface area contributed by atoms with Gasteiger partial charge in [0.15, 0.2) is 5.96 Å². The van der Waals surface area contributed by atoms with Gasteiger partial charge >= 0.3 is 0 Å². The van der Waals surface area contributed by atoms with Crippen molar-refractivity contribution in [2.24, 2.45) is 12.0 Å². The van der Waals surface area contributed by atoms with Crippen LogP contribution >= 0.6 is 24.0 Å². The molecule has 0 unspecified atom stereocenters. The summed E-state index contributed by atoms with van der Waals surface area (Å²) in [5.41, 5.74) is 0.871. The fourth-order valence-corrected chi connectivity index (χ4v) is 1.43. The number of nitrogens with one attached hydrogen (secondary N) is 2. The van der Waals surface area contributed by atoms with Crippen LogP contribution in [0.3, 0.4) is 0 Å². The second-order valence-corrected chi connectivity index (χ2v) is 5.03. The molecular formula is C13H26IN5O. The molecule has 0 atom stereocenters.